The zero-order chi connectivity index (χ0) is 11.4. The minimum atomic E-state index is 0.840. The van der Waals surface area contributed by atoms with Crippen LogP contribution in [0.25, 0.3) is 0 Å². The highest BCUT2D eigenvalue weighted by atomic mass is 35.5. The third kappa shape index (κ3) is 3.13. The van der Waals surface area contributed by atoms with Crippen LogP contribution in [-0.2, 0) is 0 Å². The molecule has 2 nitrogen and oxygen atoms in total. The average Bonchev–Trinajstić information content (AvgIpc) is 2.76. The Morgan fingerprint density at radius 1 is 1.50 bits per heavy atom. The van der Waals surface area contributed by atoms with Gasteiger partial charge in [0.1, 0.15) is 0 Å². The molecule has 1 aromatic rings. The smallest absolute Gasteiger partial charge is 0.0455 e. The molecule has 0 spiro atoms. The van der Waals surface area contributed by atoms with E-state index in [1.54, 1.807) is 0 Å². The van der Waals surface area contributed by atoms with Crippen LogP contribution in [0.2, 0.25) is 5.02 Å². The van der Waals surface area contributed by atoms with E-state index in [1.807, 2.05) is 13.0 Å². The molecule has 1 heterocycles. The highest BCUT2D eigenvalue weighted by Gasteiger charge is 2.13. The molecule has 0 amide bonds. The van der Waals surface area contributed by atoms with Gasteiger partial charge in [0.05, 0.1) is 0 Å². The van der Waals surface area contributed by atoms with Crippen LogP contribution in [-0.4, -0.2) is 19.6 Å². The average molecular weight is 239 g/mol. The summed E-state index contributed by atoms with van der Waals surface area (Å²) >= 11 is 6.07. The monoisotopic (exact) mass is 238 g/mol. The van der Waals surface area contributed by atoms with Crippen LogP contribution in [0.5, 0.6) is 0 Å². The predicted octanol–water partition coefficient (Wildman–Crippen LogP) is 3.06. The molecule has 2 N–H and O–H groups in total. The molecule has 1 fully saturated rings. The van der Waals surface area contributed by atoms with Crippen LogP contribution in [0.1, 0.15) is 18.4 Å². The van der Waals surface area contributed by atoms with E-state index in [4.69, 9.17) is 11.6 Å². The first-order chi connectivity index (χ1) is 7.75. The van der Waals surface area contributed by atoms with Crippen molar-refractivity contribution in [3.63, 3.8) is 0 Å². The first-order valence-corrected chi connectivity index (χ1v) is 6.34. The van der Waals surface area contributed by atoms with Crippen LogP contribution in [0, 0.1) is 12.8 Å². The number of anilines is 1. The van der Waals surface area contributed by atoms with E-state index >= 15 is 0 Å². The maximum atomic E-state index is 6.07. The molecular formula is C13H19ClN2. The highest BCUT2D eigenvalue weighted by molar-refractivity contribution is 6.31. The Kier molecular flexibility index (Phi) is 4.08. The van der Waals surface area contributed by atoms with Crippen LogP contribution in [0.4, 0.5) is 5.69 Å². The van der Waals surface area contributed by atoms with Crippen LogP contribution in [0.15, 0.2) is 18.2 Å². The molecular weight excluding hydrogens is 220 g/mol. The van der Waals surface area contributed by atoms with Crippen molar-refractivity contribution >= 4 is 17.3 Å². The molecule has 2 rings (SSSR count). The Labute approximate surface area is 102 Å². The van der Waals surface area contributed by atoms with Crippen molar-refractivity contribution in [2.45, 2.75) is 19.8 Å². The molecule has 0 saturated carbocycles. The minimum Gasteiger partial charge on any atom is -0.385 e. The molecule has 1 unspecified atom stereocenters. The predicted molar refractivity (Wildman–Crippen MR) is 70.3 cm³/mol. The van der Waals surface area contributed by atoms with E-state index in [0.29, 0.717) is 0 Å². The topological polar surface area (TPSA) is 24.1 Å². The summed E-state index contributed by atoms with van der Waals surface area (Å²) in [6, 6.07) is 6.15. The third-order valence-electron chi connectivity index (χ3n) is 3.22. The first-order valence-electron chi connectivity index (χ1n) is 5.96. The number of nitrogens with one attached hydrogen (secondary N) is 2. The van der Waals surface area contributed by atoms with Crippen LogP contribution in [0.3, 0.4) is 0 Å². The third-order valence-corrected chi connectivity index (χ3v) is 3.62. The Bertz CT molecular complexity index is 346. The molecule has 1 saturated heterocycles. The fraction of sp³-hybridized carbons (Fsp3) is 0.538. The van der Waals surface area contributed by atoms with Crippen molar-refractivity contribution in [2.75, 3.05) is 25.0 Å². The molecule has 0 aromatic heterocycles. The van der Waals surface area contributed by atoms with E-state index in [9.17, 15) is 0 Å². The molecule has 0 bridgehead atoms. The molecule has 3 heteroatoms. The number of aryl methyl sites for hydroxylation is 1. The highest BCUT2D eigenvalue weighted by Crippen LogP contribution is 2.20. The fourth-order valence-electron chi connectivity index (χ4n) is 2.08. The van der Waals surface area contributed by atoms with Gasteiger partial charge >= 0.3 is 0 Å². The lowest BCUT2D eigenvalue weighted by atomic mass is 10.1. The molecule has 88 valence electrons. The molecule has 0 aliphatic carbocycles. The summed E-state index contributed by atoms with van der Waals surface area (Å²) in [6.07, 6.45) is 2.55. The van der Waals surface area contributed by atoms with E-state index in [1.165, 1.54) is 25.9 Å². The first kappa shape index (κ1) is 11.7. The molecule has 1 atom stereocenters. The SMILES string of the molecule is Cc1ccc(NCCC2CCNC2)cc1Cl. The maximum Gasteiger partial charge on any atom is 0.0455 e. The van der Waals surface area contributed by atoms with E-state index in [-0.39, 0.29) is 0 Å². The summed E-state index contributed by atoms with van der Waals surface area (Å²) in [7, 11) is 0. The second kappa shape index (κ2) is 5.55. The van der Waals surface area contributed by atoms with Gasteiger partial charge in [0, 0.05) is 17.3 Å². The molecule has 0 radical (unpaired) electrons. The van der Waals surface area contributed by atoms with Gasteiger partial charge < -0.3 is 10.6 Å². The van der Waals surface area contributed by atoms with Gasteiger partial charge in [-0.05, 0) is 56.5 Å². The lowest BCUT2D eigenvalue weighted by molar-refractivity contribution is 0.549. The normalized spacial score (nSPS) is 20.0. The number of halogens is 1. The molecule has 1 aliphatic heterocycles. The van der Waals surface area contributed by atoms with Crippen molar-refractivity contribution in [2.24, 2.45) is 5.92 Å². The van der Waals surface area contributed by atoms with Gasteiger partial charge in [-0.2, -0.15) is 0 Å². The number of hydrogen-bond acceptors (Lipinski definition) is 2. The van der Waals surface area contributed by atoms with Crippen molar-refractivity contribution in [3.05, 3.63) is 28.8 Å². The Morgan fingerprint density at radius 2 is 2.38 bits per heavy atom. The number of hydrogen-bond donors (Lipinski definition) is 2. The van der Waals surface area contributed by atoms with Gasteiger partial charge in [0.15, 0.2) is 0 Å². The lowest BCUT2D eigenvalue weighted by Crippen LogP contribution is -2.12. The summed E-state index contributed by atoms with van der Waals surface area (Å²) in [6.45, 7) is 5.42. The Hall–Kier alpha value is -0.730. The Balaban J connectivity index is 1.78. The van der Waals surface area contributed by atoms with Crippen LogP contribution < -0.4 is 10.6 Å². The zero-order valence-corrected chi connectivity index (χ0v) is 10.5. The van der Waals surface area contributed by atoms with Gasteiger partial charge in [-0.25, -0.2) is 0 Å². The van der Waals surface area contributed by atoms with Gasteiger partial charge in [-0.1, -0.05) is 17.7 Å². The van der Waals surface area contributed by atoms with Gasteiger partial charge in [0.25, 0.3) is 0 Å². The van der Waals surface area contributed by atoms with Gasteiger partial charge in [0.2, 0.25) is 0 Å². The second-order valence-corrected chi connectivity index (χ2v) is 4.95. The minimum absolute atomic E-state index is 0.840. The summed E-state index contributed by atoms with van der Waals surface area (Å²) in [5.41, 5.74) is 2.26. The van der Waals surface area contributed by atoms with E-state index in [0.717, 1.165) is 28.7 Å². The van der Waals surface area contributed by atoms with Crippen molar-refractivity contribution in [1.82, 2.24) is 5.32 Å². The summed E-state index contributed by atoms with van der Waals surface area (Å²) in [5.74, 6) is 0.841. The summed E-state index contributed by atoms with van der Waals surface area (Å²) < 4.78 is 0. The lowest BCUT2D eigenvalue weighted by Gasteiger charge is -2.11. The summed E-state index contributed by atoms with van der Waals surface area (Å²) in [5, 5.41) is 7.66. The van der Waals surface area contributed by atoms with Gasteiger partial charge in [-0.3, -0.25) is 0 Å². The zero-order valence-electron chi connectivity index (χ0n) is 9.72. The standard InChI is InChI=1S/C13H19ClN2/c1-10-2-3-12(8-13(10)14)16-7-5-11-4-6-15-9-11/h2-3,8,11,15-16H,4-7,9H2,1H3. The Morgan fingerprint density at radius 3 is 3.06 bits per heavy atom. The van der Waals surface area contributed by atoms with Crippen molar-refractivity contribution in [1.29, 1.82) is 0 Å². The van der Waals surface area contributed by atoms with Gasteiger partial charge in [-0.15, -0.1) is 0 Å². The molecule has 1 aliphatic rings. The summed E-state index contributed by atoms with van der Waals surface area (Å²) in [4.78, 5) is 0. The molecule has 16 heavy (non-hydrogen) atoms. The van der Waals surface area contributed by atoms with E-state index < -0.39 is 0 Å². The number of rotatable bonds is 4. The maximum absolute atomic E-state index is 6.07. The second-order valence-electron chi connectivity index (χ2n) is 4.54. The molecule has 1 aromatic carbocycles. The van der Waals surface area contributed by atoms with E-state index in [2.05, 4.69) is 22.8 Å². The van der Waals surface area contributed by atoms with Crippen LogP contribution >= 0.6 is 11.6 Å². The van der Waals surface area contributed by atoms with Crippen molar-refractivity contribution in [3.8, 4) is 0 Å². The number of benzene rings is 1. The van der Waals surface area contributed by atoms with Crippen molar-refractivity contribution < 1.29 is 0 Å². The largest absolute Gasteiger partial charge is 0.385 e. The fourth-order valence-corrected chi connectivity index (χ4v) is 2.26. The quantitative estimate of drug-likeness (QED) is 0.843.